The van der Waals surface area contributed by atoms with Crippen molar-refractivity contribution in [3.05, 3.63) is 33.9 Å². The van der Waals surface area contributed by atoms with Crippen LogP contribution in [0.4, 0.5) is 11.4 Å². The molecule has 0 spiro atoms. The number of hydrogen-bond donors (Lipinski definition) is 2. The minimum Gasteiger partial charge on any atom is -0.395 e. The molecule has 1 aromatic rings. The van der Waals surface area contributed by atoms with Gasteiger partial charge < -0.3 is 15.3 Å². The Morgan fingerprint density at radius 1 is 1.53 bits per heavy atom. The Labute approximate surface area is 111 Å². The van der Waals surface area contributed by atoms with Gasteiger partial charge in [0.05, 0.1) is 11.5 Å². The van der Waals surface area contributed by atoms with Crippen molar-refractivity contribution in [2.75, 3.05) is 32.1 Å². The lowest BCUT2D eigenvalue weighted by molar-refractivity contribution is -0.385. The largest absolute Gasteiger partial charge is 0.395 e. The van der Waals surface area contributed by atoms with Crippen molar-refractivity contribution in [1.29, 1.82) is 0 Å². The van der Waals surface area contributed by atoms with E-state index in [1.165, 1.54) is 24.1 Å². The summed E-state index contributed by atoms with van der Waals surface area (Å²) in [6.07, 6.45) is 0. The smallest absolute Gasteiger partial charge is 0.282 e. The molecule has 0 unspecified atom stereocenters. The van der Waals surface area contributed by atoms with Gasteiger partial charge in [0.15, 0.2) is 0 Å². The van der Waals surface area contributed by atoms with Crippen molar-refractivity contribution >= 4 is 17.3 Å². The molecule has 7 nitrogen and oxygen atoms in total. The number of benzene rings is 1. The maximum Gasteiger partial charge on any atom is 0.282 e. The van der Waals surface area contributed by atoms with E-state index in [2.05, 4.69) is 5.32 Å². The third-order valence-electron chi connectivity index (χ3n) is 2.59. The number of anilines is 1. The molecule has 2 N–H and O–H groups in total. The number of nitro groups is 1. The quantitative estimate of drug-likeness (QED) is 0.594. The monoisotopic (exact) mass is 267 g/mol. The van der Waals surface area contributed by atoms with Gasteiger partial charge in [-0.25, -0.2) is 0 Å². The fraction of sp³-hybridized carbons (Fsp3) is 0.417. The number of carbonyl (C=O) groups is 1. The summed E-state index contributed by atoms with van der Waals surface area (Å²) >= 11 is 0. The van der Waals surface area contributed by atoms with E-state index in [0.29, 0.717) is 12.2 Å². The molecule has 19 heavy (non-hydrogen) atoms. The second kappa shape index (κ2) is 6.69. The van der Waals surface area contributed by atoms with Crippen LogP contribution in [0.3, 0.4) is 0 Å². The SMILES string of the molecule is CCNc1ccc([N+](=O)[O-])c(C(=O)N(C)CCO)c1. The van der Waals surface area contributed by atoms with Gasteiger partial charge in [0.1, 0.15) is 5.56 Å². The minimum atomic E-state index is -0.588. The molecular formula is C12H17N3O4. The average molecular weight is 267 g/mol. The molecule has 0 aliphatic carbocycles. The van der Waals surface area contributed by atoms with Crippen LogP contribution < -0.4 is 5.32 Å². The zero-order chi connectivity index (χ0) is 14.4. The number of nitrogens with one attached hydrogen (secondary N) is 1. The summed E-state index contributed by atoms with van der Waals surface area (Å²) in [5.74, 6) is -0.486. The van der Waals surface area contributed by atoms with Gasteiger partial charge >= 0.3 is 0 Å². The second-order valence-electron chi connectivity index (χ2n) is 3.97. The maximum atomic E-state index is 12.1. The molecule has 1 rings (SSSR count). The lowest BCUT2D eigenvalue weighted by Crippen LogP contribution is -2.30. The number of hydrogen-bond acceptors (Lipinski definition) is 5. The molecule has 104 valence electrons. The van der Waals surface area contributed by atoms with Crippen LogP contribution in [0.5, 0.6) is 0 Å². The Bertz CT molecular complexity index is 476. The van der Waals surface area contributed by atoms with Crippen molar-refractivity contribution in [3.63, 3.8) is 0 Å². The van der Waals surface area contributed by atoms with Crippen LogP contribution >= 0.6 is 0 Å². The van der Waals surface area contributed by atoms with Crippen molar-refractivity contribution in [2.45, 2.75) is 6.92 Å². The van der Waals surface area contributed by atoms with Crippen LogP contribution in [0.15, 0.2) is 18.2 Å². The van der Waals surface area contributed by atoms with Crippen molar-refractivity contribution < 1.29 is 14.8 Å². The Kier molecular flexibility index (Phi) is 5.25. The summed E-state index contributed by atoms with van der Waals surface area (Å²) in [6.45, 7) is 2.48. The molecule has 0 heterocycles. The molecule has 0 aromatic heterocycles. The number of likely N-dealkylation sites (N-methyl/N-ethyl adjacent to an activating group) is 1. The standard InChI is InChI=1S/C12H17N3O4/c1-3-13-9-4-5-11(15(18)19)10(8-9)12(17)14(2)6-7-16/h4-5,8,13,16H,3,6-7H2,1-2H3. The topological polar surface area (TPSA) is 95.7 Å². The van der Waals surface area contributed by atoms with Crippen LogP contribution in [0.1, 0.15) is 17.3 Å². The second-order valence-corrected chi connectivity index (χ2v) is 3.97. The van der Waals surface area contributed by atoms with Crippen LogP contribution in [0.2, 0.25) is 0 Å². The van der Waals surface area contributed by atoms with E-state index in [1.807, 2.05) is 6.92 Å². The van der Waals surface area contributed by atoms with Gasteiger partial charge in [-0.2, -0.15) is 0 Å². The van der Waals surface area contributed by atoms with Gasteiger partial charge in [0, 0.05) is 31.9 Å². The highest BCUT2D eigenvalue weighted by atomic mass is 16.6. The number of nitro benzene ring substituents is 1. The lowest BCUT2D eigenvalue weighted by atomic mass is 10.1. The van der Waals surface area contributed by atoms with E-state index in [-0.39, 0.29) is 24.4 Å². The molecule has 0 atom stereocenters. The molecule has 0 aliphatic heterocycles. The van der Waals surface area contributed by atoms with Gasteiger partial charge in [-0.15, -0.1) is 0 Å². The summed E-state index contributed by atoms with van der Waals surface area (Å²) in [7, 11) is 1.49. The number of aliphatic hydroxyl groups excluding tert-OH is 1. The highest BCUT2D eigenvalue weighted by molar-refractivity contribution is 5.99. The first kappa shape index (κ1) is 14.9. The summed E-state index contributed by atoms with van der Waals surface area (Å²) in [5, 5.41) is 22.7. The fourth-order valence-electron chi connectivity index (χ4n) is 1.64. The zero-order valence-electron chi connectivity index (χ0n) is 10.9. The van der Waals surface area contributed by atoms with E-state index in [1.54, 1.807) is 6.07 Å². The third kappa shape index (κ3) is 3.65. The Balaban J connectivity index is 3.16. The summed E-state index contributed by atoms with van der Waals surface area (Å²) < 4.78 is 0. The van der Waals surface area contributed by atoms with E-state index in [0.717, 1.165) is 0 Å². The van der Waals surface area contributed by atoms with Gasteiger partial charge in [0.2, 0.25) is 0 Å². The third-order valence-corrected chi connectivity index (χ3v) is 2.59. The van der Waals surface area contributed by atoms with E-state index in [9.17, 15) is 14.9 Å². The summed E-state index contributed by atoms with van der Waals surface area (Å²) in [6, 6.07) is 4.32. The fourth-order valence-corrected chi connectivity index (χ4v) is 1.64. The molecule has 0 radical (unpaired) electrons. The Morgan fingerprint density at radius 3 is 2.74 bits per heavy atom. The number of aliphatic hydroxyl groups is 1. The van der Waals surface area contributed by atoms with Crippen molar-refractivity contribution in [3.8, 4) is 0 Å². The molecular weight excluding hydrogens is 250 g/mol. The van der Waals surface area contributed by atoms with E-state index >= 15 is 0 Å². The van der Waals surface area contributed by atoms with E-state index < -0.39 is 10.8 Å². The Morgan fingerprint density at radius 2 is 2.21 bits per heavy atom. The van der Waals surface area contributed by atoms with Crippen molar-refractivity contribution in [2.24, 2.45) is 0 Å². The summed E-state index contributed by atoms with van der Waals surface area (Å²) in [4.78, 5) is 23.7. The number of rotatable bonds is 6. The molecule has 0 aliphatic rings. The van der Waals surface area contributed by atoms with Gasteiger partial charge in [-0.1, -0.05) is 0 Å². The predicted molar refractivity (Wildman–Crippen MR) is 71.3 cm³/mol. The van der Waals surface area contributed by atoms with Crippen LogP contribution in [-0.4, -0.2) is 47.6 Å². The molecule has 1 aromatic carbocycles. The first-order valence-corrected chi connectivity index (χ1v) is 5.89. The first-order chi connectivity index (χ1) is 9.01. The van der Waals surface area contributed by atoms with Crippen LogP contribution in [-0.2, 0) is 0 Å². The van der Waals surface area contributed by atoms with Gasteiger partial charge in [0.25, 0.3) is 11.6 Å². The maximum absolute atomic E-state index is 12.1. The molecule has 0 fully saturated rings. The number of carbonyl (C=O) groups excluding carboxylic acids is 1. The van der Waals surface area contributed by atoms with Crippen molar-refractivity contribution in [1.82, 2.24) is 4.90 Å². The number of nitrogens with zero attached hydrogens (tertiary/aromatic N) is 2. The molecule has 0 bridgehead atoms. The van der Waals surface area contributed by atoms with Gasteiger partial charge in [-0.05, 0) is 19.1 Å². The first-order valence-electron chi connectivity index (χ1n) is 5.89. The highest BCUT2D eigenvalue weighted by Crippen LogP contribution is 2.23. The summed E-state index contributed by atoms with van der Waals surface area (Å²) in [5.41, 5.74) is 0.421. The van der Waals surface area contributed by atoms with Gasteiger partial charge in [-0.3, -0.25) is 14.9 Å². The predicted octanol–water partition coefficient (Wildman–Crippen LogP) is 1.09. The molecule has 1 amide bonds. The molecule has 7 heteroatoms. The lowest BCUT2D eigenvalue weighted by Gasteiger charge is -2.16. The molecule has 0 saturated heterocycles. The zero-order valence-corrected chi connectivity index (χ0v) is 10.9. The normalized spacial score (nSPS) is 10.1. The number of amides is 1. The van der Waals surface area contributed by atoms with Crippen LogP contribution in [0.25, 0.3) is 0 Å². The van der Waals surface area contributed by atoms with E-state index in [4.69, 9.17) is 5.11 Å². The molecule has 0 saturated carbocycles. The van der Waals surface area contributed by atoms with Crippen LogP contribution in [0, 0.1) is 10.1 Å². The highest BCUT2D eigenvalue weighted by Gasteiger charge is 2.23. The Hall–Kier alpha value is -2.15. The average Bonchev–Trinajstić information content (AvgIpc) is 2.38. The minimum absolute atomic E-state index is 0.0133.